The lowest BCUT2D eigenvalue weighted by molar-refractivity contribution is 0.680. The zero-order chi connectivity index (χ0) is 17.3. The van der Waals surface area contributed by atoms with Gasteiger partial charge in [-0.25, -0.2) is 0 Å². The highest BCUT2D eigenvalue weighted by Gasteiger charge is 2.18. The third-order valence-corrected chi connectivity index (χ3v) is 5.32. The van der Waals surface area contributed by atoms with Crippen LogP contribution in [0.5, 0.6) is 0 Å². The first-order valence-electron chi connectivity index (χ1n) is 8.95. The lowest BCUT2D eigenvalue weighted by atomic mass is 9.84. The van der Waals surface area contributed by atoms with Crippen molar-refractivity contribution in [3.63, 3.8) is 0 Å². The molecule has 0 bridgehead atoms. The van der Waals surface area contributed by atoms with Crippen LogP contribution < -0.4 is 0 Å². The molecular formula is C24H28. The largest absolute Gasteiger partial charge is 0.0999 e. The Bertz CT molecular complexity index is 767. The van der Waals surface area contributed by atoms with Crippen molar-refractivity contribution in [2.75, 3.05) is 0 Å². The van der Waals surface area contributed by atoms with Crippen molar-refractivity contribution >= 4 is 5.57 Å². The zero-order valence-electron chi connectivity index (χ0n) is 15.2. The summed E-state index contributed by atoms with van der Waals surface area (Å²) in [6.45, 7) is 14.9. The summed E-state index contributed by atoms with van der Waals surface area (Å²) in [6, 6.07) is 6.69. The molecule has 0 aliphatic heterocycles. The molecule has 0 nitrogen and oxygen atoms in total. The van der Waals surface area contributed by atoms with Gasteiger partial charge in [0.15, 0.2) is 0 Å². The molecule has 24 heavy (non-hydrogen) atoms. The summed E-state index contributed by atoms with van der Waals surface area (Å²) < 4.78 is 0. The second-order valence-corrected chi connectivity index (χ2v) is 7.56. The van der Waals surface area contributed by atoms with E-state index in [1.54, 1.807) is 0 Å². The van der Waals surface area contributed by atoms with Crippen molar-refractivity contribution in [2.24, 2.45) is 11.8 Å². The molecule has 1 unspecified atom stereocenters. The van der Waals surface area contributed by atoms with Crippen molar-refractivity contribution in [3.05, 3.63) is 89.1 Å². The van der Waals surface area contributed by atoms with Gasteiger partial charge in [0.2, 0.25) is 0 Å². The zero-order valence-corrected chi connectivity index (χ0v) is 15.2. The first-order chi connectivity index (χ1) is 11.4. The van der Waals surface area contributed by atoms with Crippen LogP contribution in [0.3, 0.4) is 0 Å². The van der Waals surface area contributed by atoms with Crippen LogP contribution in [0.25, 0.3) is 5.57 Å². The van der Waals surface area contributed by atoms with E-state index in [1.807, 2.05) is 0 Å². The van der Waals surface area contributed by atoms with Gasteiger partial charge in [0.1, 0.15) is 0 Å². The van der Waals surface area contributed by atoms with E-state index in [0.717, 1.165) is 24.8 Å². The molecule has 0 radical (unpaired) electrons. The number of benzene rings is 1. The summed E-state index contributed by atoms with van der Waals surface area (Å²) in [5, 5.41) is 0. The van der Waals surface area contributed by atoms with Gasteiger partial charge in [0.05, 0.1) is 0 Å². The number of hydrogen-bond donors (Lipinski definition) is 0. The summed E-state index contributed by atoms with van der Waals surface area (Å²) in [5.41, 5.74) is 9.58. The van der Waals surface area contributed by atoms with Gasteiger partial charge in [-0.2, -0.15) is 0 Å². The van der Waals surface area contributed by atoms with E-state index >= 15 is 0 Å². The molecule has 124 valence electrons. The summed E-state index contributed by atoms with van der Waals surface area (Å²) in [7, 11) is 0. The van der Waals surface area contributed by atoms with Crippen molar-refractivity contribution in [1.82, 2.24) is 0 Å². The Morgan fingerprint density at radius 3 is 2.88 bits per heavy atom. The van der Waals surface area contributed by atoms with Crippen molar-refractivity contribution in [3.8, 4) is 0 Å². The average Bonchev–Trinajstić information content (AvgIpc) is 2.95. The van der Waals surface area contributed by atoms with Crippen LogP contribution >= 0.6 is 0 Å². The maximum atomic E-state index is 4.23. The number of allylic oxidation sites excluding steroid dienone is 8. The molecule has 0 spiro atoms. The molecule has 1 aromatic carbocycles. The highest BCUT2D eigenvalue weighted by Crippen LogP contribution is 2.33. The van der Waals surface area contributed by atoms with E-state index in [1.165, 1.54) is 33.4 Å². The second kappa shape index (κ2) is 6.81. The van der Waals surface area contributed by atoms with Crippen molar-refractivity contribution in [2.45, 2.75) is 40.0 Å². The second-order valence-electron chi connectivity index (χ2n) is 7.56. The van der Waals surface area contributed by atoms with Gasteiger partial charge in [-0.3, -0.25) is 0 Å². The van der Waals surface area contributed by atoms with Crippen LogP contribution in [0, 0.1) is 11.8 Å². The summed E-state index contributed by atoms with van der Waals surface area (Å²) in [4.78, 5) is 0. The van der Waals surface area contributed by atoms with Gasteiger partial charge in [-0.1, -0.05) is 79.3 Å². The molecule has 2 aliphatic rings. The normalized spacial score (nSPS) is 20.5. The highest BCUT2D eigenvalue weighted by atomic mass is 14.2. The molecule has 0 heterocycles. The van der Waals surface area contributed by atoms with Gasteiger partial charge < -0.3 is 0 Å². The van der Waals surface area contributed by atoms with Gasteiger partial charge >= 0.3 is 0 Å². The van der Waals surface area contributed by atoms with Crippen LogP contribution in [0.1, 0.15) is 43.9 Å². The predicted molar refractivity (Wildman–Crippen MR) is 106 cm³/mol. The maximum absolute atomic E-state index is 4.23. The van der Waals surface area contributed by atoms with Crippen LogP contribution in [0.4, 0.5) is 0 Å². The Labute approximate surface area is 147 Å². The monoisotopic (exact) mass is 316 g/mol. The van der Waals surface area contributed by atoms with Crippen LogP contribution in [0.2, 0.25) is 0 Å². The lowest BCUT2D eigenvalue weighted by Gasteiger charge is -2.21. The van der Waals surface area contributed by atoms with E-state index in [0.29, 0.717) is 11.8 Å². The van der Waals surface area contributed by atoms with Crippen LogP contribution in [0.15, 0.2) is 72.4 Å². The Morgan fingerprint density at radius 2 is 2.12 bits per heavy atom. The topological polar surface area (TPSA) is 0 Å². The van der Waals surface area contributed by atoms with Crippen LogP contribution in [-0.2, 0) is 12.8 Å². The van der Waals surface area contributed by atoms with E-state index in [2.05, 4.69) is 76.4 Å². The predicted octanol–water partition coefficient (Wildman–Crippen LogP) is 6.46. The van der Waals surface area contributed by atoms with Gasteiger partial charge in [-0.05, 0) is 67.2 Å². The maximum Gasteiger partial charge on any atom is -0.000392 e. The average molecular weight is 316 g/mol. The van der Waals surface area contributed by atoms with Crippen molar-refractivity contribution in [1.29, 1.82) is 0 Å². The fourth-order valence-electron chi connectivity index (χ4n) is 3.72. The molecule has 3 rings (SSSR count). The summed E-state index contributed by atoms with van der Waals surface area (Å²) in [6.07, 6.45) is 12.6. The lowest BCUT2D eigenvalue weighted by Crippen LogP contribution is -2.07. The van der Waals surface area contributed by atoms with Gasteiger partial charge in [0.25, 0.3) is 0 Å². The first-order valence-corrected chi connectivity index (χ1v) is 8.95. The molecule has 1 aromatic rings. The van der Waals surface area contributed by atoms with E-state index < -0.39 is 0 Å². The molecule has 0 N–H and O–H groups in total. The standard InChI is InChI=1S/C24H28/c1-16(2)18(4)13-20-9-10-21(14-20)15-22-7-6-8-23-19(5)11-17(3)12-24(22)23/h6-11,14,18,21H,1,5,12-13,15H2,2-4H3/t18-,21?/m0/s1. The third kappa shape index (κ3) is 3.53. The molecule has 0 fully saturated rings. The minimum absolute atomic E-state index is 0.517. The number of rotatable bonds is 5. The minimum atomic E-state index is 0.517. The first kappa shape index (κ1) is 16.8. The van der Waals surface area contributed by atoms with Crippen molar-refractivity contribution < 1.29 is 0 Å². The van der Waals surface area contributed by atoms with Crippen LogP contribution in [-0.4, -0.2) is 0 Å². The molecule has 0 aromatic heterocycles. The number of hydrogen-bond acceptors (Lipinski definition) is 0. The molecule has 2 aliphatic carbocycles. The highest BCUT2D eigenvalue weighted by molar-refractivity contribution is 5.78. The smallest absolute Gasteiger partial charge is 0.000392 e. The minimum Gasteiger partial charge on any atom is -0.0999 e. The van der Waals surface area contributed by atoms with Gasteiger partial charge in [-0.15, -0.1) is 0 Å². The fraction of sp³-hybridized carbons (Fsp3) is 0.333. The molecular weight excluding hydrogens is 288 g/mol. The van der Waals surface area contributed by atoms with E-state index in [9.17, 15) is 0 Å². The summed E-state index contributed by atoms with van der Waals surface area (Å²) >= 11 is 0. The summed E-state index contributed by atoms with van der Waals surface area (Å²) in [5.74, 6) is 1.07. The Hall–Kier alpha value is -2.08. The molecule has 0 saturated carbocycles. The third-order valence-electron chi connectivity index (χ3n) is 5.32. The molecule has 0 heteroatoms. The Kier molecular flexibility index (Phi) is 4.76. The quantitative estimate of drug-likeness (QED) is 0.547. The Morgan fingerprint density at radius 1 is 1.33 bits per heavy atom. The van der Waals surface area contributed by atoms with Gasteiger partial charge in [0, 0.05) is 0 Å². The fourth-order valence-corrected chi connectivity index (χ4v) is 3.72. The Balaban J connectivity index is 1.76. The van der Waals surface area contributed by atoms with E-state index in [-0.39, 0.29) is 0 Å². The SMILES string of the molecule is C=C1C=C(C)Cc2c(CC3C=CC(C[C@H](C)C(=C)C)=C3)cccc21. The molecule has 0 saturated heterocycles. The van der Waals surface area contributed by atoms with E-state index in [4.69, 9.17) is 0 Å². The molecule has 0 amide bonds. The molecule has 2 atom stereocenters. The number of fused-ring (bicyclic) bond motifs is 1.